The molecule has 2 rings (SSSR count). The van der Waals surface area contributed by atoms with Crippen LogP contribution in [0.15, 0.2) is 18.5 Å². The Labute approximate surface area is 114 Å². The average Bonchev–Trinajstić information content (AvgIpc) is 2.46. The summed E-state index contributed by atoms with van der Waals surface area (Å²) in [5.74, 6) is -0.138. The molecule has 1 amide bonds. The maximum atomic E-state index is 11.4. The minimum atomic E-state index is -0.446. The Hall–Kier alpha value is -1.89. The van der Waals surface area contributed by atoms with E-state index < -0.39 is 4.92 Å². The SMILES string of the molecule is O=C(CCl)N1CCN(c2ccncc2[N+](=O)[O-])CC1. The van der Waals surface area contributed by atoms with Crippen LogP contribution in [0.25, 0.3) is 0 Å². The number of aromatic nitrogens is 1. The van der Waals surface area contributed by atoms with E-state index in [4.69, 9.17) is 11.6 Å². The quantitative estimate of drug-likeness (QED) is 0.468. The van der Waals surface area contributed by atoms with Crippen LogP contribution in [-0.4, -0.2) is 52.8 Å². The highest BCUT2D eigenvalue weighted by atomic mass is 35.5. The highest BCUT2D eigenvalue weighted by Gasteiger charge is 2.25. The molecular formula is C11H13ClN4O3. The van der Waals surface area contributed by atoms with Gasteiger partial charge in [-0.05, 0) is 6.07 Å². The molecule has 0 N–H and O–H groups in total. The fourth-order valence-corrected chi connectivity index (χ4v) is 2.24. The monoisotopic (exact) mass is 284 g/mol. The van der Waals surface area contributed by atoms with Gasteiger partial charge in [0.15, 0.2) is 0 Å². The number of carbonyl (C=O) groups excluding carboxylic acids is 1. The highest BCUT2D eigenvalue weighted by molar-refractivity contribution is 6.27. The number of nitro groups is 1. The molecule has 19 heavy (non-hydrogen) atoms. The van der Waals surface area contributed by atoms with Crippen LogP contribution >= 0.6 is 11.6 Å². The molecule has 1 aromatic rings. The van der Waals surface area contributed by atoms with Gasteiger partial charge in [-0.1, -0.05) is 0 Å². The van der Waals surface area contributed by atoms with Crippen molar-refractivity contribution >= 4 is 28.9 Å². The molecule has 0 spiro atoms. The van der Waals surface area contributed by atoms with Crippen molar-refractivity contribution < 1.29 is 9.72 Å². The first-order valence-corrected chi connectivity index (χ1v) is 6.34. The normalized spacial score (nSPS) is 15.4. The lowest BCUT2D eigenvalue weighted by Crippen LogP contribution is -2.49. The van der Waals surface area contributed by atoms with E-state index in [0.29, 0.717) is 31.9 Å². The van der Waals surface area contributed by atoms with Gasteiger partial charge in [0.25, 0.3) is 0 Å². The van der Waals surface area contributed by atoms with Gasteiger partial charge in [-0.2, -0.15) is 0 Å². The lowest BCUT2D eigenvalue weighted by molar-refractivity contribution is -0.384. The first-order valence-electron chi connectivity index (χ1n) is 5.80. The first-order chi connectivity index (χ1) is 9.13. The van der Waals surface area contributed by atoms with Crippen molar-refractivity contribution in [2.45, 2.75) is 0 Å². The van der Waals surface area contributed by atoms with E-state index in [1.807, 2.05) is 4.90 Å². The summed E-state index contributed by atoms with van der Waals surface area (Å²) in [5.41, 5.74) is 0.526. The van der Waals surface area contributed by atoms with Crippen LogP contribution in [0, 0.1) is 10.1 Å². The average molecular weight is 285 g/mol. The number of hydrogen-bond donors (Lipinski definition) is 0. The van der Waals surface area contributed by atoms with Gasteiger partial charge in [0, 0.05) is 32.4 Å². The van der Waals surface area contributed by atoms with Crippen molar-refractivity contribution in [3.63, 3.8) is 0 Å². The molecule has 0 saturated carbocycles. The third kappa shape index (κ3) is 2.93. The Morgan fingerprint density at radius 2 is 2.11 bits per heavy atom. The molecule has 0 radical (unpaired) electrons. The van der Waals surface area contributed by atoms with Crippen molar-refractivity contribution in [1.29, 1.82) is 0 Å². The summed E-state index contributed by atoms with van der Waals surface area (Å²) in [5, 5.41) is 10.9. The summed E-state index contributed by atoms with van der Waals surface area (Å²) >= 11 is 5.50. The third-order valence-corrected chi connectivity index (χ3v) is 3.29. The largest absolute Gasteiger partial charge is 0.362 e. The number of halogens is 1. The van der Waals surface area contributed by atoms with E-state index in [2.05, 4.69) is 4.98 Å². The minimum absolute atomic E-state index is 0.0142. The zero-order valence-electron chi connectivity index (χ0n) is 10.2. The van der Waals surface area contributed by atoms with Crippen LogP contribution in [-0.2, 0) is 4.79 Å². The molecule has 0 aromatic carbocycles. The molecular weight excluding hydrogens is 272 g/mol. The topological polar surface area (TPSA) is 79.6 Å². The van der Waals surface area contributed by atoms with Crippen molar-refractivity contribution in [2.24, 2.45) is 0 Å². The second-order valence-electron chi connectivity index (χ2n) is 4.12. The van der Waals surface area contributed by atoms with E-state index in [0.717, 1.165) is 0 Å². The fraction of sp³-hybridized carbons (Fsp3) is 0.455. The van der Waals surface area contributed by atoms with E-state index in [1.165, 1.54) is 12.4 Å². The van der Waals surface area contributed by atoms with E-state index in [-0.39, 0.29) is 17.5 Å². The molecule has 7 nitrogen and oxygen atoms in total. The second kappa shape index (κ2) is 5.83. The minimum Gasteiger partial charge on any atom is -0.362 e. The van der Waals surface area contributed by atoms with Crippen LogP contribution < -0.4 is 4.90 Å². The summed E-state index contributed by atoms with van der Waals surface area (Å²) in [6.45, 7) is 2.14. The smallest absolute Gasteiger partial charge is 0.310 e. The summed E-state index contributed by atoms with van der Waals surface area (Å²) < 4.78 is 0. The molecule has 8 heteroatoms. The Kier molecular flexibility index (Phi) is 4.16. The molecule has 2 heterocycles. The second-order valence-corrected chi connectivity index (χ2v) is 4.39. The van der Waals surface area contributed by atoms with Crippen molar-refractivity contribution in [3.8, 4) is 0 Å². The van der Waals surface area contributed by atoms with Crippen LogP contribution in [0.2, 0.25) is 0 Å². The number of hydrogen-bond acceptors (Lipinski definition) is 5. The molecule has 0 aliphatic carbocycles. The molecule has 0 unspecified atom stereocenters. The number of anilines is 1. The molecule has 0 bridgehead atoms. The fourth-order valence-electron chi connectivity index (χ4n) is 2.07. The number of nitrogens with zero attached hydrogens (tertiary/aromatic N) is 4. The summed E-state index contributed by atoms with van der Waals surface area (Å²) in [7, 11) is 0. The van der Waals surface area contributed by atoms with Gasteiger partial charge < -0.3 is 9.80 Å². The number of piperazine rings is 1. The van der Waals surface area contributed by atoms with E-state index in [1.54, 1.807) is 11.0 Å². The maximum absolute atomic E-state index is 11.4. The molecule has 0 atom stereocenters. The Morgan fingerprint density at radius 3 is 2.68 bits per heavy atom. The van der Waals surface area contributed by atoms with Gasteiger partial charge in [0.1, 0.15) is 17.8 Å². The number of amides is 1. The van der Waals surface area contributed by atoms with Gasteiger partial charge >= 0.3 is 5.69 Å². The zero-order valence-corrected chi connectivity index (χ0v) is 10.9. The number of pyridine rings is 1. The highest BCUT2D eigenvalue weighted by Crippen LogP contribution is 2.27. The molecule has 1 aliphatic heterocycles. The van der Waals surface area contributed by atoms with Crippen LogP contribution in [0.1, 0.15) is 0 Å². The molecule has 1 aromatic heterocycles. The van der Waals surface area contributed by atoms with Crippen LogP contribution in [0.3, 0.4) is 0 Å². The molecule has 102 valence electrons. The standard InChI is InChI=1S/C11H13ClN4O3/c12-7-11(17)15-5-3-14(4-6-15)9-1-2-13-8-10(9)16(18)19/h1-2,8H,3-7H2. The Morgan fingerprint density at radius 1 is 1.42 bits per heavy atom. The predicted octanol–water partition coefficient (Wildman–Crippen LogP) is 0.877. The van der Waals surface area contributed by atoms with Gasteiger partial charge in [0.05, 0.1) is 4.92 Å². The lowest BCUT2D eigenvalue weighted by atomic mass is 10.2. The van der Waals surface area contributed by atoms with Gasteiger partial charge in [0.2, 0.25) is 5.91 Å². The number of alkyl halides is 1. The number of carbonyl (C=O) groups is 1. The maximum Gasteiger partial charge on any atom is 0.310 e. The van der Waals surface area contributed by atoms with Crippen LogP contribution in [0.5, 0.6) is 0 Å². The van der Waals surface area contributed by atoms with Gasteiger partial charge in [-0.3, -0.25) is 19.9 Å². The van der Waals surface area contributed by atoms with E-state index >= 15 is 0 Å². The van der Waals surface area contributed by atoms with Crippen molar-refractivity contribution in [2.75, 3.05) is 37.0 Å². The molecule has 1 aliphatic rings. The Balaban J connectivity index is 2.10. The van der Waals surface area contributed by atoms with Crippen molar-refractivity contribution in [1.82, 2.24) is 9.88 Å². The summed E-state index contributed by atoms with van der Waals surface area (Å²) in [6.07, 6.45) is 2.77. The van der Waals surface area contributed by atoms with Gasteiger partial charge in [-0.25, -0.2) is 0 Å². The number of rotatable bonds is 3. The molecule has 1 fully saturated rings. The Bertz CT molecular complexity index is 489. The first kappa shape index (κ1) is 13.5. The summed E-state index contributed by atoms with van der Waals surface area (Å²) in [6, 6.07) is 1.62. The van der Waals surface area contributed by atoms with Crippen LogP contribution in [0.4, 0.5) is 11.4 Å². The van der Waals surface area contributed by atoms with Gasteiger partial charge in [-0.15, -0.1) is 11.6 Å². The zero-order chi connectivity index (χ0) is 13.8. The third-order valence-electron chi connectivity index (χ3n) is 3.06. The van der Waals surface area contributed by atoms with Crippen molar-refractivity contribution in [3.05, 3.63) is 28.6 Å². The van der Waals surface area contributed by atoms with E-state index in [9.17, 15) is 14.9 Å². The molecule has 1 saturated heterocycles. The lowest BCUT2D eigenvalue weighted by Gasteiger charge is -2.35. The predicted molar refractivity (Wildman–Crippen MR) is 70.4 cm³/mol. The summed E-state index contributed by atoms with van der Waals surface area (Å²) in [4.78, 5) is 29.3.